The fraction of sp³-hybridized carbons (Fsp3) is 0.895. The standard InChI is InChI=1S/C38H61N3O50S6/c1-5(43)39-9-12(44)21(7(79-33(9)58)3-77-94(65,66)67)83-38-27(91-97(74,75)76)19(51)24(29(89-38)32(56)57)86-34-10(40-92(59,60)61)13(45)20(6(2-42)80-34)82-36-18(50)17(49)23(28(88-36)31(54)55)85-35-11(41-93(62,63)64)14(46)22(8(81-35)4-78-95(68,69)70)84-37-26(90-96(71,72)73)16(48)15(47)25(87-37)30(52)53/h6-29,33-38,40-42,44-51,58H,2-4H2,1H3,(H,39,43)(H,52,53)(H,54,55)(H,56,57)(H,59,60,61)(H,62,63,64)(H,65,66,67)(H,68,69,70)(H,71,72,73)(H,74,75,76)/t6-,7-,8-,9-,10-,11-,12-,13-,14-,15+,16+,17-,18+,19+,20-,21-,22-,23+,24+,25-,26-,27-,28-,29-,33+,34-,35-,36-,37-,38-/m1/s1. The molecule has 6 heterocycles. The van der Waals surface area contributed by atoms with Crippen LogP contribution in [0.3, 0.4) is 0 Å². The summed E-state index contributed by atoms with van der Waals surface area (Å²) in [5, 5.41) is 144. The van der Waals surface area contributed by atoms with Crippen molar-refractivity contribution in [1.82, 2.24) is 14.8 Å². The summed E-state index contributed by atoms with van der Waals surface area (Å²) in [5.74, 6) is -7.87. The number of carbonyl (C=O) groups excluding carboxylic acids is 1. The molecule has 53 nitrogen and oxygen atoms in total. The van der Waals surface area contributed by atoms with E-state index < -0.39 is 290 Å². The lowest BCUT2D eigenvalue weighted by Crippen LogP contribution is -2.71. The quantitative estimate of drug-likeness (QED) is 0.0309. The summed E-state index contributed by atoms with van der Waals surface area (Å²) in [7, 11) is -34.6. The Hall–Kier alpha value is -3.74. The lowest BCUT2D eigenvalue weighted by Gasteiger charge is -2.50. The maximum absolute atomic E-state index is 12.9. The fourth-order valence-electron chi connectivity index (χ4n) is 10.2. The number of aliphatic hydroxyl groups excluding tert-OH is 10. The summed E-state index contributed by atoms with van der Waals surface area (Å²) in [5.41, 5.74) is 0. The SMILES string of the molecule is CC(=O)N[C@@H]1[C@@H](O)[C@H](O[C@@H]2O[C@@H](C(=O)O)[C@@H](O[C@H]3O[C@H](CO)[C@@H](O[C@@H]4O[C@@H](C(=O)O)[C@@H](O[C@H]5O[C@H](COS(=O)(=O)O)[C@@H](O[C@@H]6O[C@@H](C(=O)O)[C@@H](O)[C@H](O)[C@H]6OS(=O)(=O)O)[C@H](O)[C@H]5NS(=O)(=O)O)[C@H](O)[C@@H]4O)[C@H](O)[C@H]3NS(=O)(=O)O)[C@H](O)[C@H]2OS(=O)(=O)O)[C@@H](COS(=O)(=O)O)O[C@@H]1O. The summed E-state index contributed by atoms with van der Waals surface area (Å²) in [6, 6.07) is -7.65. The number of carboxylic acids is 3. The van der Waals surface area contributed by atoms with Gasteiger partial charge < -0.3 is 124 Å². The first-order chi connectivity index (χ1) is 44.3. The summed E-state index contributed by atoms with van der Waals surface area (Å²) >= 11 is 0. The van der Waals surface area contributed by atoms with Crippen LogP contribution < -0.4 is 14.8 Å². The van der Waals surface area contributed by atoms with Gasteiger partial charge in [0.2, 0.25) is 5.91 Å². The molecular weight excluding hydrogens is 1490 g/mol. The van der Waals surface area contributed by atoms with Crippen LogP contribution in [0.15, 0.2) is 0 Å². The molecule has 6 saturated heterocycles. The maximum atomic E-state index is 12.9. The van der Waals surface area contributed by atoms with Gasteiger partial charge in [-0.25, -0.2) is 31.1 Å². The molecule has 0 saturated carbocycles. The molecule has 6 fully saturated rings. The van der Waals surface area contributed by atoms with Gasteiger partial charge in [-0.05, 0) is 0 Å². The highest BCUT2D eigenvalue weighted by molar-refractivity contribution is 7.84. The molecule has 0 spiro atoms. The maximum Gasteiger partial charge on any atom is 0.397 e. The molecule has 0 radical (unpaired) electrons. The van der Waals surface area contributed by atoms with Gasteiger partial charge in [0.25, 0.3) is 0 Å². The number of ether oxygens (including phenoxy) is 11. The lowest BCUT2D eigenvalue weighted by molar-refractivity contribution is -0.377. The number of hydrogen-bond donors (Lipinski definition) is 22. The summed E-state index contributed by atoms with van der Waals surface area (Å²) < 4.78 is 280. The van der Waals surface area contributed by atoms with Crippen LogP contribution in [-0.4, -0.2) is 372 Å². The van der Waals surface area contributed by atoms with Gasteiger partial charge in [0, 0.05) is 6.92 Å². The predicted molar refractivity (Wildman–Crippen MR) is 279 cm³/mol. The van der Waals surface area contributed by atoms with E-state index in [-0.39, 0.29) is 0 Å². The molecule has 6 rings (SSSR count). The first-order valence-corrected chi connectivity index (χ1v) is 34.6. The third-order valence-electron chi connectivity index (χ3n) is 14.2. The van der Waals surface area contributed by atoms with Gasteiger partial charge in [-0.15, -0.1) is 0 Å². The van der Waals surface area contributed by atoms with Crippen LogP contribution in [0, 0.1) is 0 Å². The van der Waals surface area contributed by atoms with Crippen LogP contribution in [0.4, 0.5) is 0 Å². The average molecular weight is 1550 g/mol. The van der Waals surface area contributed by atoms with E-state index in [1.807, 2.05) is 5.32 Å². The van der Waals surface area contributed by atoms with Crippen LogP contribution in [0.5, 0.6) is 0 Å². The molecule has 97 heavy (non-hydrogen) atoms. The van der Waals surface area contributed by atoms with Gasteiger partial charge in [-0.2, -0.15) is 60.0 Å². The molecule has 0 unspecified atom stereocenters. The average Bonchev–Trinajstić information content (AvgIpc) is 0.770. The third kappa shape index (κ3) is 21.7. The number of carbonyl (C=O) groups is 4. The number of rotatable bonds is 29. The largest absolute Gasteiger partial charge is 0.479 e. The van der Waals surface area contributed by atoms with Crippen molar-refractivity contribution in [1.29, 1.82) is 0 Å². The van der Waals surface area contributed by atoms with E-state index in [0.29, 0.717) is 0 Å². The zero-order valence-corrected chi connectivity index (χ0v) is 52.4. The molecule has 6 aliphatic heterocycles. The van der Waals surface area contributed by atoms with Crippen molar-refractivity contribution in [2.75, 3.05) is 19.8 Å². The van der Waals surface area contributed by atoms with Crippen molar-refractivity contribution in [2.24, 2.45) is 0 Å². The second-order valence-corrected chi connectivity index (χ2v) is 27.6. The number of carboxylic acid groups (broad SMARTS) is 3. The minimum atomic E-state index is -5.99. The van der Waals surface area contributed by atoms with Gasteiger partial charge >= 0.3 is 80.1 Å². The number of nitrogens with one attached hydrogen (secondary N) is 3. The molecule has 30 atom stereocenters. The fourth-order valence-corrected chi connectivity index (χ4v) is 13.0. The van der Waals surface area contributed by atoms with Crippen LogP contribution >= 0.6 is 0 Å². The zero-order valence-electron chi connectivity index (χ0n) is 47.5. The van der Waals surface area contributed by atoms with Crippen molar-refractivity contribution >= 4 is 86.0 Å². The second-order valence-electron chi connectivity index (χ2n) is 20.9. The predicted octanol–water partition coefficient (Wildman–Crippen LogP) is -15.6. The number of aliphatic carboxylic acids is 3. The van der Waals surface area contributed by atoms with Gasteiger partial charge in [-0.1, -0.05) is 0 Å². The summed E-state index contributed by atoms with van der Waals surface area (Å²) in [4.78, 5) is 49.7. The minimum Gasteiger partial charge on any atom is -0.479 e. The van der Waals surface area contributed by atoms with Gasteiger partial charge in [0.05, 0.1) is 19.8 Å². The van der Waals surface area contributed by atoms with Crippen molar-refractivity contribution in [3.8, 4) is 0 Å². The number of aliphatic hydroxyl groups is 10. The molecule has 59 heteroatoms. The molecule has 0 bridgehead atoms. The Bertz CT molecular complexity index is 3480. The van der Waals surface area contributed by atoms with E-state index in [1.54, 1.807) is 0 Å². The molecule has 1 amide bonds. The summed E-state index contributed by atoms with van der Waals surface area (Å²) in [6.45, 7) is -3.97. The molecule has 6 aliphatic rings. The van der Waals surface area contributed by atoms with E-state index in [4.69, 9.17) is 52.1 Å². The van der Waals surface area contributed by atoms with Crippen molar-refractivity contribution in [3.63, 3.8) is 0 Å². The normalized spacial score (nSPS) is 41.3. The second kappa shape index (κ2) is 31.9. The van der Waals surface area contributed by atoms with E-state index in [9.17, 15) is 163 Å². The van der Waals surface area contributed by atoms with Gasteiger partial charge in [-0.3, -0.25) is 32.1 Å². The molecule has 564 valence electrons. The Morgan fingerprint density at radius 1 is 0.371 bits per heavy atom. The van der Waals surface area contributed by atoms with Crippen molar-refractivity contribution < 1.29 is 232 Å². The van der Waals surface area contributed by atoms with E-state index >= 15 is 0 Å². The molecule has 0 aromatic heterocycles. The highest BCUT2D eigenvalue weighted by Gasteiger charge is 2.61. The minimum absolute atomic E-state index is 0.827. The smallest absolute Gasteiger partial charge is 0.397 e. The van der Waals surface area contributed by atoms with Gasteiger partial charge in [0.1, 0.15) is 116 Å². The molecule has 0 aliphatic carbocycles. The third-order valence-corrected chi connectivity index (χ3v) is 17.1. The molecule has 0 aromatic rings. The Kier molecular flexibility index (Phi) is 27.0. The Labute approximate surface area is 541 Å². The highest BCUT2D eigenvalue weighted by Crippen LogP contribution is 2.39. The topological polar surface area (TPSA) is 832 Å². The van der Waals surface area contributed by atoms with Crippen molar-refractivity contribution in [3.05, 3.63) is 0 Å². The van der Waals surface area contributed by atoms with E-state index in [2.05, 4.69) is 16.7 Å². The Balaban J connectivity index is 1.30. The van der Waals surface area contributed by atoms with Gasteiger partial charge in [0.15, 0.2) is 68.3 Å². The van der Waals surface area contributed by atoms with E-state index in [0.717, 1.165) is 6.92 Å². The lowest BCUT2D eigenvalue weighted by atomic mass is 9.94. The number of hydrogen-bond acceptors (Lipinski definition) is 41. The van der Waals surface area contributed by atoms with E-state index in [1.165, 1.54) is 9.44 Å². The molecular formula is C38H61N3O50S6. The monoisotopic (exact) mass is 1550 g/mol. The first kappa shape index (κ1) is 82.2. The summed E-state index contributed by atoms with van der Waals surface area (Å²) in [6.07, 6.45) is -74.4. The van der Waals surface area contributed by atoms with Crippen LogP contribution in [0.1, 0.15) is 6.92 Å². The van der Waals surface area contributed by atoms with Crippen LogP contribution in [-0.2, 0) is 150 Å². The highest BCUT2D eigenvalue weighted by atomic mass is 32.3. The number of amides is 1. The van der Waals surface area contributed by atoms with Crippen LogP contribution in [0.25, 0.3) is 0 Å². The Morgan fingerprint density at radius 3 is 1.10 bits per heavy atom. The Morgan fingerprint density at radius 2 is 0.711 bits per heavy atom. The first-order valence-electron chi connectivity index (χ1n) is 26.2. The molecule has 0 aromatic carbocycles. The van der Waals surface area contributed by atoms with Crippen LogP contribution in [0.2, 0.25) is 0 Å². The molecule has 22 N–H and O–H groups in total. The zero-order chi connectivity index (χ0) is 73.5. The van der Waals surface area contributed by atoms with Crippen molar-refractivity contribution in [2.45, 2.75) is 191 Å².